The van der Waals surface area contributed by atoms with Crippen LogP contribution in [-0.4, -0.2) is 76.2 Å². The summed E-state index contributed by atoms with van der Waals surface area (Å²) < 4.78 is 0.599. The molecule has 1 aromatic carbocycles. The molecular formula is C26H33BrN6O7. The van der Waals surface area contributed by atoms with Crippen LogP contribution >= 0.6 is 15.9 Å². The van der Waals surface area contributed by atoms with Crippen LogP contribution in [0.25, 0.3) is 0 Å². The lowest BCUT2D eigenvalue weighted by Gasteiger charge is -2.22. The van der Waals surface area contributed by atoms with E-state index >= 15 is 0 Å². The highest BCUT2D eigenvalue weighted by atomic mass is 79.9. The molecule has 13 nitrogen and oxygen atoms in total. The molecule has 1 aliphatic rings. The molecule has 0 aliphatic carbocycles. The van der Waals surface area contributed by atoms with Crippen molar-refractivity contribution in [3.8, 4) is 0 Å². The van der Waals surface area contributed by atoms with E-state index in [2.05, 4.69) is 36.5 Å². The summed E-state index contributed by atoms with van der Waals surface area (Å²) in [5.74, 6) is -3.25. The Morgan fingerprint density at radius 3 is 2.48 bits per heavy atom. The van der Waals surface area contributed by atoms with Gasteiger partial charge >= 0.3 is 11.9 Å². The van der Waals surface area contributed by atoms with Gasteiger partial charge in [0.05, 0.1) is 17.4 Å². The molecule has 40 heavy (non-hydrogen) atoms. The Morgan fingerprint density at radius 1 is 1.25 bits per heavy atom. The van der Waals surface area contributed by atoms with Crippen molar-refractivity contribution < 1.29 is 29.4 Å². The number of H-pyrrole nitrogens is 1. The molecule has 0 saturated carbocycles. The zero-order valence-corrected chi connectivity index (χ0v) is 24.5. The number of halogens is 1. The maximum absolute atomic E-state index is 12.8. The second kappa shape index (κ2) is 12.1. The zero-order chi connectivity index (χ0) is 29.9. The number of carbonyl (C=O) groups excluding carboxylic acids is 2. The summed E-state index contributed by atoms with van der Waals surface area (Å²) in [5, 5.41) is 23.1. The average molecular weight is 621 g/mol. The first-order valence-electron chi connectivity index (χ1n) is 12.5. The number of carboxylic acid groups (broad SMARTS) is 2. The van der Waals surface area contributed by atoms with E-state index in [0.29, 0.717) is 28.9 Å². The van der Waals surface area contributed by atoms with E-state index in [1.54, 1.807) is 45.9 Å². The van der Waals surface area contributed by atoms with E-state index in [4.69, 9.17) is 5.11 Å². The van der Waals surface area contributed by atoms with Crippen LogP contribution < -0.4 is 26.0 Å². The van der Waals surface area contributed by atoms with Crippen molar-refractivity contribution in [1.82, 2.24) is 15.3 Å². The highest BCUT2D eigenvalue weighted by molar-refractivity contribution is 9.10. The lowest BCUT2D eigenvalue weighted by atomic mass is 9.96. The molecule has 3 rings (SSSR count). The highest BCUT2D eigenvalue weighted by Crippen LogP contribution is 2.32. The van der Waals surface area contributed by atoms with Gasteiger partial charge < -0.3 is 25.3 Å². The Kier molecular flexibility index (Phi) is 9.23. The molecule has 1 aromatic heterocycles. The summed E-state index contributed by atoms with van der Waals surface area (Å²) >= 11 is 3.47. The smallest absolute Gasteiger partial charge is 0.326 e. The van der Waals surface area contributed by atoms with Gasteiger partial charge in [-0.1, -0.05) is 20.8 Å². The quantitative estimate of drug-likeness (QED) is 0.233. The average Bonchev–Trinajstić information content (AvgIpc) is 3.57. The number of anilines is 3. The number of rotatable bonds is 11. The minimum Gasteiger partial charge on any atom is -0.481 e. The van der Waals surface area contributed by atoms with Gasteiger partial charge in [-0.05, 0) is 47.5 Å². The SMILES string of the molecule is Cc1nc(NC(=O)C(C)(C)C)[nH]c(=O)c1N1CC1CN(C)c1ccc(C(=O)NC(CCC(=O)O)C(=O)O)cc1Br. The molecule has 0 spiro atoms. The van der Waals surface area contributed by atoms with Crippen LogP contribution in [-0.2, 0) is 14.4 Å². The lowest BCUT2D eigenvalue weighted by Crippen LogP contribution is -2.41. The molecule has 2 amide bonds. The Labute approximate surface area is 239 Å². The van der Waals surface area contributed by atoms with Gasteiger partial charge in [-0.15, -0.1) is 0 Å². The zero-order valence-electron chi connectivity index (χ0n) is 22.9. The molecule has 216 valence electrons. The second-order valence-electron chi connectivity index (χ2n) is 10.7. The van der Waals surface area contributed by atoms with E-state index < -0.39 is 29.3 Å². The number of carboxylic acids is 2. The van der Waals surface area contributed by atoms with Crippen LogP contribution in [0.5, 0.6) is 0 Å². The molecule has 1 aliphatic heterocycles. The number of aliphatic carboxylic acids is 2. The number of aryl methyl sites for hydroxylation is 1. The predicted molar refractivity (Wildman–Crippen MR) is 152 cm³/mol. The molecule has 2 unspecified atom stereocenters. The van der Waals surface area contributed by atoms with Crippen LogP contribution in [0.1, 0.15) is 49.7 Å². The van der Waals surface area contributed by atoms with Crippen molar-refractivity contribution in [1.29, 1.82) is 0 Å². The van der Waals surface area contributed by atoms with Gasteiger partial charge in [0.1, 0.15) is 11.7 Å². The molecular weight excluding hydrogens is 588 g/mol. The molecule has 5 N–H and O–H groups in total. The van der Waals surface area contributed by atoms with E-state index in [9.17, 15) is 29.1 Å². The monoisotopic (exact) mass is 620 g/mol. The topological polar surface area (TPSA) is 185 Å². The van der Waals surface area contributed by atoms with Crippen molar-refractivity contribution in [2.75, 3.05) is 35.3 Å². The van der Waals surface area contributed by atoms with E-state index in [-0.39, 0.29) is 41.9 Å². The van der Waals surface area contributed by atoms with Crippen molar-refractivity contribution in [2.45, 2.75) is 52.6 Å². The fourth-order valence-corrected chi connectivity index (χ4v) is 4.70. The van der Waals surface area contributed by atoms with Gasteiger partial charge in [-0.2, -0.15) is 0 Å². The summed E-state index contributed by atoms with van der Waals surface area (Å²) in [4.78, 5) is 70.7. The van der Waals surface area contributed by atoms with Gasteiger partial charge in [0, 0.05) is 42.0 Å². The Hall–Kier alpha value is -3.94. The maximum atomic E-state index is 12.8. The highest BCUT2D eigenvalue weighted by Gasteiger charge is 2.38. The van der Waals surface area contributed by atoms with Crippen molar-refractivity contribution in [3.05, 3.63) is 44.3 Å². The summed E-state index contributed by atoms with van der Waals surface area (Å²) in [5.41, 5.74) is 0.937. The molecule has 2 aromatic rings. The third-order valence-electron chi connectivity index (χ3n) is 6.34. The molecule has 0 bridgehead atoms. The normalized spacial score (nSPS) is 15.2. The van der Waals surface area contributed by atoms with Gasteiger partial charge in [-0.3, -0.25) is 29.5 Å². The number of carbonyl (C=O) groups is 4. The van der Waals surface area contributed by atoms with Crippen molar-refractivity contribution >= 4 is 57.0 Å². The molecule has 14 heteroatoms. The van der Waals surface area contributed by atoms with E-state index in [0.717, 1.165) is 5.69 Å². The lowest BCUT2D eigenvalue weighted by molar-refractivity contribution is -0.140. The number of aromatic nitrogens is 2. The van der Waals surface area contributed by atoms with Gasteiger partial charge in [-0.25, -0.2) is 9.78 Å². The Morgan fingerprint density at radius 2 is 1.93 bits per heavy atom. The summed E-state index contributed by atoms with van der Waals surface area (Å²) in [6, 6.07) is 3.53. The fraction of sp³-hybridized carbons (Fsp3) is 0.462. The van der Waals surface area contributed by atoms with Gasteiger partial charge in [0.25, 0.3) is 11.5 Å². The minimum absolute atomic E-state index is 0.0297. The van der Waals surface area contributed by atoms with Crippen LogP contribution in [0.2, 0.25) is 0 Å². The Bertz CT molecular complexity index is 1390. The first-order valence-corrected chi connectivity index (χ1v) is 13.3. The molecule has 0 radical (unpaired) electrons. The largest absolute Gasteiger partial charge is 0.481 e. The number of hydrogen-bond acceptors (Lipinski definition) is 8. The molecule has 2 heterocycles. The first kappa shape index (κ1) is 30.6. The third kappa shape index (κ3) is 7.58. The third-order valence-corrected chi connectivity index (χ3v) is 6.98. The van der Waals surface area contributed by atoms with E-state index in [1.165, 1.54) is 0 Å². The number of benzene rings is 1. The van der Waals surface area contributed by atoms with Crippen LogP contribution in [0.3, 0.4) is 0 Å². The number of hydrogen-bond donors (Lipinski definition) is 5. The predicted octanol–water partition coefficient (Wildman–Crippen LogP) is 2.20. The number of nitrogens with zero attached hydrogens (tertiary/aromatic N) is 3. The van der Waals surface area contributed by atoms with Crippen molar-refractivity contribution in [3.63, 3.8) is 0 Å². The molecule has 2 atom stereocenters. The number of amides is 2. The second-order valence-corrected chi connectivity index (χ2v) is 11.6. The number of nitrogens with one attached hydrogen (secondary N) is 3. The Balaban J connectivity index is 1.64. The summed E-state index contributed by atoms with van der Waals surface area (Å²) in [6.07, 6.45) is -0.620. The van der Waals surface area contributed by atoms with Crippen LogP contribution in [0.15, 0.2) is 27.5 Å². The van der Waals surface area contributed by atoms with Gasteiger partial charge in [0.2, 0.25) is 11.9 Å². The van der Waals surface area contributed by atoms with Crippen LogP contribution in [0, 0.1) is 12.3 Å². The van der Waals surface area contributed by atoms with Gasteiger partial charge in [0.15, 0.2) is 0 Å². The minimum atomic E-state index is -1.32. The standard InChI is InChI=1S/C26H33BrN6O7/c1-13-20(22(37)30-25(28-13)31-24(40)26(2,3)4)33-12-15(33)11-32(5)18-8-6-14(10-16(18)27)21(36)29-17(23(38)39)7-9-19(34)35/h6,8,10,15,17H,7,9,11-12H2,1-5H3,(H,29,36)(H,34,35)(H,38,39)(H2,28,30,31,37,40). The summed E-state index contributed by atoms with van der Waals surface area (Å²) in [6.45, 7) is 8.20. The first-order chi connectivity index (χ1) is 18.6. The fourth-order valence-electron chi connectivity index (χ4n) is 4.02. The maximum Gasteiger partial charge on any atom is 0.326 e. The van der Waals surface area contributed by atoms with E-state index in [1.807, 2.05) is 16.8 Å². The number of likely N-dealkylation sites (N-methyl/N-ethyl adjacent to an activating group) is 1. The van der Waals surface area contributed by atoms with Crippen molar-refractivity contribution in [2.24, 2.45) is 5.41 Å². The van der Waals surface area contributed by atoms with Crippen LogP contribution in [0.4, 0.5) is 17.3 Å². The molecule has 1 saturated heterocycles. The molecule has 1 fully saturated rings. The number of aromatic amines is 1. The summed E-state index contributed by atoms with van der Waals surface area (Å²) in [7, 11) is 1.86.